The van der Waals surface area contributed by atoms with Crippen LogP contribution < -0.4 is 0 Å². The SMILES string of the molecule is C[C](C)SC1CCCCC1. The van der Waals surface area contributed by atoms with Gasteiger partial charge in [-0.2, -0.15) is 11.8 Å². The van der Waals surface area contributed by atoms with E-state index in [1.807, 2.05) is 0 Å². The van der Waals surface area contributed by atoms with Crippen LogP contribution in [0.25, 0.3) is 0 Å². The minimum Gasteiger partial charge on any atom is -0.151 e. The molecule has 0 spiro atoms. The van der Waals surface area contributed by atoms with Crippen molar-refractivity contribution in [2.75, 3.05) is 0 Å². The van der Waals surface area contributed by atoms with Gasteiger partial charge in [-0.1, -0.05) is 19.3 Å². The van der Waals surface area contributed by atoms with Crippen LogP contribution in [-0.2, 0) is 0 Å². The van der Waals surface area contributed by atoms with Gasteiger partial charge in [-0.05, 0) is 26.7 Å². The third-order valence-corrected chi connectivity index (χ3v) is 3.23. The van der Waals surface area contributed by atoms with E-state index in [9.17, 15) is 0 Å². The van der Waals surface area contributed by atoms with Crippen LogP contribution in [0.15, 0.2) is 0 Å². The topological polar surface area (TPSA) is 0 Å². The van der Waals surface area contributed by atoms with Crippen molar-refractivity contribution in [2.24, 2.45) is 0 Å². The van der Waals surface area contributed by atoms with Gasteiger partial charge in [-0.25, -0.2) is 0 Å². The van der Waals surface area contributed by atoms with Crippen molar-refractivity contribution in [3.63, 3.8) is 0 Å². The molecule has 1 rings (SSSR count). The highest BCUT2D eigenvalue weighted by molar-refractivity contribution is 8.02. The van der Waals surface area contributed by atoms with E-state index in [1.54, 1.807) is 0 Å². The van der Waals surface area contributed by atoms with Crippen molar-refractivity contribution in [3.05, 3.63) is 5.25 Å². The van der Waals surface area contributed by atoms with Crippen LogP contribution in [0.4, 0.5) is 0 Å². The Morgan fingerprint density at radius 1 is 1.10 bits per heavy atom. The van der Waals surface area contributed by atoms with E-state index in [0.717, 1.165) is 5.25 Å². The number of thioether (sulfide) groups is 1. The zero-order chi connectivity index (χ0) is 7.40. The first-order chi connectivity index (χ1) is 4.79. The average Bonchev–Trinajstić information content (AvgIpc) is 1.88. The molecule has 1 heteroatoms. The lowest BCUT2D eigenvalue weighted by atomic mass is 10.0. The standard InChI is InChI=1S/C9H17S/c1-8(2)10-9-6-4-3-5-7-9/h9H,3-7H2,1-2H3. The molecule has 0 aromatic rings. The number of hydrogen-bond acceptors (Lipinski definition) is 1. The van der Waals surface area contributed by atoms with Gasteiger partial charge in [-0.15, -0.1) is 0 Å². The molecular weight excluding hydrogens is 140 g/mol. The first-order valence-corrected chi connectivity index (χ1v) is 5.14. The monoisotopic (exact) mass is 157 g/mol. The molecule has 0 amide bonds. The fourth-order valence-electron chi connectivity index (χ4n) is 1.52. The van der Waals surface area contributed by atoms with E-state index in [-0.39, 0.29) is 0 Å². The summed E-state index contributed by atoms with van der Waals surface area (Å²) >= 11 is 2.09. The van der Waals surface area contributed by atoms with E-state index >= 15 is 0 Å². The maximum atomic E-state index is 2.22. The highest BCUT2D eigenvalue weighted by Gasteiger charge is 2.14. The van der Waals surface area contributed by atoms with Crippen molar-refractivity contribution < 1.29 is 0 Å². The lowest BCUT2D eigenvalue weighted by Gasteiger charge is -2.22. The first kappa shape index (κ1) is 8.45. The Balaban J connectivity index is 2.13. The molecule has 1 radical (unpaired) electrons. The largest absolute Gasteiger partial charge is 0.151 e. The minimum atomic E-state index is 0.957. The molecule has 10 heavy (non-hydrogen) atoms. The summed E-state index contributed by atoms with van der Waals surface area (Å²) in [5, 5.41) is 2.49. The van der Waals surface area contributed by atoms with Gasteiger partial charge >= 0.3 is 0 Å². The molecule has 0 N–H and O–H groups in total. The molecule has 0 saturated heterocycles. The second-order valence-electron chi connectivity index (χ2n) is 3.29. The highest BCUT2D eigenvalue weighted by Crippen LogP contribution is 2.33. The Kier molecular flexibility index (Phi) is 3.61. The summed E-state index contributed by atoms with van der Waals surface area (Å²) in [5.74, 6) is 0. The quantitative estimate of drug-likeness (QED) is 0.590. The van der Waals surface area contributed by atoms with E-state index in [1.165, 1.54) is 37.4 Å². The van der Waals surface area contributed by atoms with E-state index in [2.05, 4.69) is 25.6 Å². The van der Waals surface area contributed by atoms with Crippen LogP contribution in [0.2, 0.25) is 0 Å². The maximum Gasteiger partial charge on any atom is 0.0247 e. The fraction of sp³-hybridized carbons (Fsp3) is 0.889. The summed E-state index contributed by atoms with van der Waals surface area (Å²) in [6.45, 7) is 4.44. The van der Waals surface area contributed by atoms with Gasteiger partial charge in [0, 0.05) is 10.5 Å². The predicted octanol–water partition coefficient (Wildman–Crippen LogP) is 3.62. The van der Waals surface area contributed by atoms with Crippen LogP contribution in [0.5, 0.6) is 0 Å². The smallest absolute Gasteiger partial charge is 0.0247 e. The van der Waals surface area contributed by atoms with Crippen molar-refractivity contribution in [3.8, 4) is 0 Å². The van der Waals surface area contributed by atoms with Crippen LogP contribution >= 0.6 is 11.8 Å². The molecule has 1 fully saturated rings. The minimum absolute atomic E-state index is 0.957. The lowest BCUT2D eigenvalue weighted by molar-refractivity contribution is 0.516. The molecule has 0 unspecified atom stereocenters. The molecule has 0 aromatic heterocycles. The molecule has 0 nitrogen and oxygen atoms in total. The molecule has 1 aliphatic rings. The fourth-order valence-corrected chi connectivity index (χ4v) is 2.75. The van der Waals surface area contributed by atoms with Gasteiger partial charge in [0.15, 0.2) is 0 Å². The second-order valence-corrected chi connectivity index (χ2v) is 5.00. The number of hydrogen-bond donors (Lipinski definition) is 0. The number of rotatable bonds is 2. The second kappa shape index (κ2) is 4.27. The van der Waals surface area contributed by atoms with Gasteiger partial charge in [0.2, 0.25) is 0 Å². The van der Waals surface area contributed by atoms with Crippen molar-refractivity contribution >= 4 is 11.8 Å². The highest BCUT2D eigenvalue weighted by atomic mass is 32.2. The Hall–Kier alpha value is 0.350. The Morgan fingerprint density at radius 3 is 2.20 bits per heavy atom. The molecular formula is C9H17S. The average molecular weight is 157 g/mol. The summed E-state index contributed by atoms with van der Waals surface area (Å²) in [6, 6.07) is 0. The third kappa shape index (κ3) is 2.96. The molecule has 0 aliphatic heterocycles. The van der Waals surface area contributed by atoms with Gasteiger partial charge in [-0.3, -0.25) is 0 Å². The summed E-state index contributed by atoms with van der Waals surface area (Å²) in [7, 11) is 0. The molecule has 1 saturated carbocycles. The molecule has 0 atom stereocenters. The van der Waals surface area contributed by atoms with E-state index < -0.39 is 0 Å². The molecule has 0 bridgehead atoms. The Labute approximate surface area is 68.8 Å². The predicted molar refractivity (Wildman–Crippen MR) is 49.1 cm³/mol. The summed E-state index contributed by atoms with van der Waals surface area (Å²) in [4.78, 5) is 0. The zero-order valence-corrected chi connectivity index (χ0v) is 7.84. The van der Waals surface area contributed by atoms with Crippen molar-refractivity contribution in [1.82, 2.24) is 0 Å². The first-order valence-electron chi connectivity index (χ1n) is 4.26. The van der Waals surface area contributed by atoms with Crippen LogP contribution in [-0.4, -0.2) is 5.25 Å². The maximum absolute atomic E-state index is 2.22. The van der Waals surface area contributed by atoms with Gasteiger partial charge in [0.1, 0.15) is 0 Å². The third-order valence-electron chi connectivity index (χ3n) is 1.95. The normalized spacial score (nSPS) is 21.9. The van der Waals surface area contributed by atoms with Crippen LogP contribution in [0.3, 0.4) is 0 Å². The molecule has 1 aliphatic carbocycles. The van der Waals surface area contributed by atoms with Crippen LogP contribution in [0, 0.1) is 5.25 Å². The summed E-state index contributed by atoms with van der Waals surface area (Å²) < 4.78 is 0. The molecule has 0 aromatic carbocycles. The van der Waals surface area contributed by atoms with E-state index in [0.29, 0.717) is 0 Å². The summed E-state index contributed by atoms with van der Waals surface area (Å²) in [6.07, 6.45) is 7.31. The summed E-state index contributed by atoms with van der Waals surface area (Å²) in [5.41, 5.74) is 0. The lowest BCUT2D eigenvalue weighted by Crippen LogP contribution is -2.08. The van der Waals surface area contributed by atoms with E-state index in [4.69, 9.17) is 0 Å². The Bertz CT molecular complexity index is 82.7. The molecule has 59 valence electrons. The van der Waals surface area contributed by atoms with Crippen molar-refractivity contribution in [2.45, 2.75) is 51.2 Å². The van der Waals surface area contributed by atoms with Gasteiger partial charge < -0.3 is 0 Å². The zero-order valence-electron chi connectivity index (χ0n) is 7.02. The van der Waals surface area contributed by atoms with Gasteiger partial charge in [0.25, 0.3) is 0 Å². The van der Waals surface area contributed by atoms with Crippen LogP contribution in [0.1, 0.15) is 46.0 Å². The molecule has 0 heterocycles. The Morgan fingerprint density at radius 2 is 1.70 bits per heavy atom. The van der Waals surface area contributed by atoms with Crippen molar-refractivity contribution in [1.29, 1.82) is 0 Å². The van der Waals surface area contributed by atoms with Gasteiger partial charge in [0.05, 0.1) is 0 Å².